The van der Waals surface area contributed by atoms with E-state index in [0.29, 0.717) is 0 Å². The van der Waals surface area contributed by atoms with Crippen molar-refractivity contribution in [3.05, 3.63) is 29.6 Å². The lowest BCUT2D eigenvalue weighted by Crippen LogP contribution is -2.13. The van der Waals surface area contributed by atoms with Crippen molar-refractivity contribution in [2.45, 2.75) is 19.9 Å². The lowest BCUT2D eigenvalue weighted by molar-refractivity contribution is 0.706. The van der Waals surface area contributed by atoms with Crippen LogP contribution in [0.2, 0.25) is 0 Å². The van der Waals surface area contributed by atoms with E-state index in [4.69, 9.17) is 0 Å². The molecule has 72 valence electrons. The summed E-state index contributed by atoms with van der Waals surface area (Å²) in [6, 6.07) is 0.277. The highest BCUT2D eigenvalue weighted by Crippen LogP contribution is 2.14. The van der Waals surface area contributed by atoms with Gasteiger partial charge < -0.3 is 5.32 Å². The van der Waals surface area contributed by atoms with Crippen LogP contribution in [0.4, 0.5) is 0 Å². The third kappa shape index (κ3) is 2.70. The molecule has 1 unspecified atom stereocenters. The maximum Gasteiger partial charge on any atom is 0.0540 e. The molecule has 0 saturated heterocycles. The van der Waals surface area contributed by atoms with Gasteiger partial charge in [-0.25, -0.2) is 0 Å². The molecule has 1 N–H and O–H groups in total. The van der Waals surface area contributed by atoms with Crippen molar-refractivity contribution in [1.82, 2.24) is 15.1 Å². The average Bonchev–Trinajstić information content (AvgIpc) is 2.47. The minimum absolute atomic E-state index is 0.277. The Balaban J connectivity index is 2.84. The second-order valence-corrected chi connectivity index (χ2v) is 3.46. The highest BCUT2D eigenvalue weighted by atomic mass is 15.2. The molecule has 0 amide bonds. The number of rotatable bonds is 3. The van der Waals surface area contributed by atoms with Gasteiger partial charge in [-0.15, -0.1) is 0 Å². The zero-order valence-electron chi connectivity index (χ0n) is 8.70. The van der Waals surface area contributed by atoms with Crippen LogP contribution in [0.15, 0.2) is 24.0 Å². The number of hydrogen-bond acceptors (Lipinski definition) is 2. The predicted octanol–water partition coefficient (Wildman–Crippen LogP) is 1.65. The molecule has 1 aromatic rings. The van der Waals surface area contributed by atoms with Gasteiger partial charge in [0.2, 0.25) is 0 Å². The monoisotopic (exact) mass is 179 g/mol. The summed E-state index contributed by atoms with van der Waals surface area (Å²) in [6.45, 7) is 4.20. The smallest absolute Gasteiger partial charge is 0.0540 e. The molecule has 0 fully saturated rings. The maximum atomic E-state index is 4.14. The molecule has 0 saturated carbocycles. The fraction of sp³-hybridized carbons (Fsp3) is 0.500. The third-order valence-electron chi connectivity index (χ3n) is 1.89. The Hall–Kier alpha value is -1.09. The van der Waals surface area contributed by atoms with E-state index in [9.17, 15) is 0 Å². The molecule has 0 aliphatic rings. The summed E-state index contributed by atoms with van der Waals surface area (Å²) < 4.78 is 1.82. The second kappa shape index (κ2) is 4.23. The maximum absolute atomic E-state index is 4.14. The van der Waals surface area contributed by atoms with Crippen LogP contribution in [0.5, 0.6) is 0 Å². The number of aromatic nitrogens is 2. The summed E-state index contributed by atoms with van der Waals surface area (Å²) in [5.41, 5.74) is 2.51. The fourth-order valence-corrected chi connectivity index (χ4v) is 1.28. The van der Waals surface area contributed by atoms with Gasteiger partial charge >= 0.3 is 0 Å². The molecule has 0 bridgehead atoms. The molecule has 13 heavy (non-hydrogen) atoms. The summed E-state index contributed by atoms with van der Waals surface area (Å²) in [4.78, 5) is 0. The highest BCUT2D eigenvalue weighted by molar-refractivity contribution is 5.18. The van der Waals surface area contributed by atoms with E-state index in [-0.39, 0.29) is 6.04 Å². The van der Waals surface area contributed by atoms with Crippen LogP contribution in [-0.2, 0) is 7.05 Å². The summed E-state index contributed by atoms with van der Waals surface area (Å²) in [5, 5.41) is 7.37. The van der Waals surface area contributed by atoms with Gasteiger partial charge in [-0.05, 0) is 20.9 Å². The summed E-state index contributed by atoms with van der Waals surface area (Å²) in [6.07, 6.45) is 6.11. The Bertz CT molecular complexity index is 295. The SMILES string of the molecule is CNC(C=C(C)C)c1cnn(C)c1. The van der Waals surface area contributed by atoms with Crippen LogP contribution in [0.1, 0.15) is 25.5 Å². The Labute approximate surface area is 79.5 Å². The van der Waals surface area contributed by atoms with E-state index in [1.54, 1.807) is 0 Å². The number of nitrogens with zero attached hydrogens (tertiary/aromatic N) is 2. The van der Waals surface area contributed by atoms with Crippen LogP contribution in [0.25, 0.3) is 0 Å². The van der Waals surface area contributed by atoms with Gasteiger partial charge in [0, 0.05) is 18.8 Å². The molecule has 1 rings (SSSR count). The first-order chi connectivity index (χ1) is 6.13. The molecule has 1 aromatic heterocycles. The first kappa shape index (κ1) is 9.99. The average molecular weight is 179 g/mol. The fourth-order valence-electron chi connectivity index (χ4n) is 1.28. The van der Waals surface area contributed by atoms with Crippen LogP contribution in [-0.4, -0.2) is 16.8 Å². The predicted molar refractivity (Wildman–Crippen MR) is 54.4 cm³/mol. The van der Waals surface area contributed by atoms with Crippen LogP contribution < -0.4 is 5.32 Å². The topological polar surface area (TPSA) is 29.9 Å². The highest BCUT2D eigenvalue weighted by Gasteiger charge is 2.06. The summed E-state index contributed by atoms with van der Waals surface area (Å²) >= 11 is 0. The summed E-state index contributed by atoms with van der Waals surface area (Å²) in [5.74, 6) is 0. The molecule has 3 nitrogen and oxygen atoms in total. The number of hydrogen-bond donors (Lipinski definition) is 1. The van der Waals surface area contributed by atoms with Gasteiger partial charge in [-0.2, -0.15) is 5.10 Å². The van der Waals surface area contributed by atoms with Crippen molar-refractivity contribution in [1.29, 1.82) is 0 Å². The molecule has 0 aliphatic carbocycles. The van der Waals surface area contributed by atoms with Gasteiger partial charge in [0.25, 0.3) is 0 Å². The number of likely N-dealkylation sites (N-methyl/N-ethyl adjacent to an activating group) is 1. The minimum atomic E-state index is 0.277. The van der Waals surface area contributed by atoms with E-state index in [0.717, 1.165) is 0 Å². The minimum Gasteiger partial charge on any atom is -0.310 e. The largest absolute Gasteiger partial charge is 0.310 e. The third-order valence-corrected chi connectivity index (χ3v) is 1.89. The molecule has 0 aromatic carbocycles. The van der Waals surface area contributed by atoms with Gasteiger partial charge in [0.15, 0.2) is 0 Å². The normalized spacial score (nSPS) is 12.6. The van der Waals surface area contributed by atoms with Crippen molar-refractivity contribution in [2.24, 2.45) is 7.05 Å². The molecule has 0 aliphatic heterocycles. The van der Waals surface area contributed by atoms with Gasteiger partial charge in [-0.3, -0.25) is 4.68 Å². The van der Waals surface area contributed by atoms with Crippen molar-refractivity contribution in [3.8, 4) is 0 Å². The van der Waals surface area contributed by atoms with E-state index in [1.807, 2.05) is 31.2 Å². The van der Waals surface area contributed by atoms with E-state index >= 15 is 0 Å². The first-order valence-corrected chi connectivity index (χ1v) is 4.44. The molecule has 1 heterocycles. The number of allylic oxidation sites excluding steroid dienone is 1. The zero-order chi connectivity index (χ0) is 9.84. The molecule has 3 heteroatoms. The molecular weight excluding hydrogens is 162 g/mol. The second-order valence-electron chi connectivity index (χ2n) is 3.46. The molecular formula is C10H17N3. The molecule has 0 radical (unpaired) electrons. The quantitative estimate of drug-likeness (QED) is 0.715. The van der Waals surface area contributed by atoms with Crippen molar-refractivity contribution in [3.63, 3.8) is 0 Å². The molecule has 0 spiro atoms. The Kier molecular flexibility index (Phi) is 3.25. The van der Waals surface area contributed by atoms with Crippen molar-refractivity contribution < 1.29 is 0 Å². The van der Waals surface area contributed by atoms with Crippen LogP contribution >= 0.6 is 0 Å². The summed E-state index contributed by atoms with van der Waals surface area (Å²) in [7, 11) is 3.88. The lowest BCUT2D eigenvalue weighted by Gasteiger charge is -2.09. The number of aryl methyl sites for hydroxylation is 1. The Morgan fingerprint density at radius 3 is 2.69 bits per heavy atom. The first-order valence-electron chi connectivity index (χ1n) is 4.44. The molecule has 1 atom stereocenters. The standard InChI is InChI=1S/C10H17N3/c1-8(2)5-10(11-3)9-6-12-13(4)7-9/h5-7,10-11H,1-4H3. The van der Waals surface area contributed by atoms with Gasteiger partial charge in [0.05, 0.1) is 12.2 Å². The van der Waals surface area contributed by atoms with Crippen LogP contribution in [0.3, 0.4) is 0 Å². The van der Waals surface area contributed by atoms with Crippen molar-refractivity contribution >= 4 is 0 Å². The van der Waals surface area contributed by atoms with Gasteiger partial charge in [0.1, 0.15) is 0 Å². The Morgan fingerprint density at radius 1 is 1.62 bits per heavy atom. The van der Waals surface area contributed by atoms with E-state index in [2.05, 4.69) is 30.3 Å². The number of nitrogens with one attached hydrogen (secondary N) is 1. The van der Waals surface area contributed by atoms with E-state index in [1.165, 1.54) is 11.1 Å². The van der Waals surface area contributed by atoms with Gasteiger partial charge in [-0.1, -0.05) is 11.6 Å². The Morgan fingerprint density at radius 2 is 2.31 bits per heavy atom. The zero-order valence-corrected chi connectivity index (χ0v) is 8.70. The van der Waals surface area contributed by atoms with Crippen LogP contribution in [0, 0.1) is 0 Å². The van der Waals surface area contributed by atoms with Crippen molar-refractivity contribution in [2.75, 3.05) is 7.05 Å². The lowest BCUT2D eigenvalue weighted by atomic mass is 10.1. The van der Waals surface area contributed by atoms with E-state index < -0.39 is 0 Å².